The molecule has 2 heterocycles. The first-order valence-corrected chi connectivity index (χ1v) is 8.34. The van der Waals surface area contributed by atoms with Crippen LogP contribution in [0.2, 0.25) is 0 Å². The number of nitrogens with one attached hydrogen (secondary N) is 1. The Morgan fingerprint density at radius 1 is 1.13 bits per heavy atom. The molecule has 0 bridgehead atoms. The van der Waals surface area contributed by atoms with Crippen molar-refractivity contribution < 1.29 is 0 Å². The highest BCUT2D eigenvalue weighted by atomic mass is 32.1. The molecule has 0 aliphatic carbocycles. The van der Waals surface area contributed by atoms with E-state index in [1.54, 1.807) is 6.92 Å². The molecule has 5 heteroatoms. The molecular weight excluding hydrogens is 308 g/mol. The average molecular weight is 326 g/mol. The average Bonchev–Trinajstić information content (AvgIpc) is 2.83. The van der Waals surface area contributed by atoms with Crippen LogP contribution in [-0.4, -0.2) is 9.55 Å². The minimum absolute atomic E-state index is 0.213. The number of nitrogens with zero attached hydrogens (tertiary/aromatic N) is 1. The second-order valence-corrected chi connectivity index (χ2v) is 6.57. The van der Waals surface area contributed by atoms with Gasteiger partial charge in [-0.15, -0.1) is 11.3 Å². The van der Waals surface area contributed by atoms with Crippen molar-refractivity contribution in [3.63, 3.8) is 0 Å². The van der Waals surface area contributed by atoms with Crippen molar-refractivity contribution in [3.8, 4) is 0 Å². The van der Waals surface area contributed by atoms with Gasteiger partial charge >= 0.3 is 5.69 Å². The van der Waals surface area contributed by atoms with Crippen LogP contribution >= 0.6 is 11.3 Å². The Bertz CT molecular complexity index is 1000. The molecule has 0 fully saturated rings. The standard InChI is InChI=1S/C18H18N2O2S/c1-4-20-17(21)15-12(3)14(23-16(15)19-18(20)22)10-9-13-7-5-11(2)6-8-13/h5-10H,4H2,1-3H3,(H,19,22)/b10-9+. The van der Waals surface area contributed by atoms with Crippen LogP contribution < -0.4 is 11.2 Å². The first-order valence-electron chi connectivity index (χ1n) is 7.52. The number of H-pyrrole nitrogens is 1. The summed E-state index contributed by atoms with van der Waals surface area (Å²) in [6, 6.07) is 8.24. The van der Waals surface area contributed by atoms with Crippen LogP contribution in [0, 0.1) is 13.8 Å². The second kappa shape index (κ2) is 6.01. The monoisotopic (exact) mass is 326 g/mol. The number of aryl methyl sites for hydroxylation is 2. The molecule has 0 saturated carbocycles. The van der Waals surface area contributed by atoms with Crippen molar-refractivity contribution in [2.75, 3.05) is 0 Å². The second-order valence-electron chi connectivity index (χ2n) is 5.52. The molecule has 1 N–H and O–H groups in total. The van der Waals surface area contributed by atoms with Crippen molar-refractivity contribution in [2.24, 2.45) is 0 Å². The lowest BCUT2D eigenvalue weighted by Gasteiger charge is -2.00. The fraction of sp³-hybridized carbons (Fsp3) is 0.222. The van der Waals surface area contributed by atoms with E-state index in [0.717, 1.165) is 16.0 Å². The van der Waals surface area contributed by atoms with E-state index in [9.17, 15) is 9.59 Å². The molecule has 3 aromatic rings. The molecule has 3 rings (SSSR count). The van der Waals surface area contributed by atoms with Crippen LogP contribution in [0.15, 0.2) is 33.9 Å². The van der Waals surface area contributed by atoms with Gasteiger partial charge in [-0.3, -0.25) is 14.3 Å². The summed E-state index contributed by atoms with van der Waals surface area (Å²) in [6.07, 6.45) is 4.02. The Morgan fingerprint density at radius 3 is 2.48 bits per heavy atom. The molecule has 23 heavy (non-hydrogen) atoms. The van der Waals surface area contributed by atoms with Crippen LogP contribution in [0.3, 0.4) is 0 Å². The number of aromatic nitrogens is 2. The van der Waals surface area contributed by atoms with E-state index in [1.165, 1.54) is 21.5 Å². The lowest BCUT2D eigenvalue weighted by Crippen LogP contribution is -2.34. The largest absolute Gasteiger partial charge is 0.329 e. The third-order valence-electron chi connectivity index (χ3n) is 3.93. The van der Waals surface area contributed by atoms with E-state index in [2.05, 4.69) is 36.2 Å². The summed E-state index contributed by atoms with van der Waals surface area (Å²) in [5, 5.41) is 0.611. The molecule has 1 aromatic carbocycles. The highest BCUT2D eigenvalue weighted by molar-refractivity contribution is 7.19. The van der Waals surface area contributed by atoms with Gasteiger partial charge in [0, 0.05) is 11.4 Å². The molecule has 0 aliphatic rings. The number of hydrogen-bond donors (Lipinski definition) is 1. The molecule has 118 valence electrons. The van der Waals surface area contributed by atoms with Gasteiger partial charge < -0.3 is 0 Å². The Morgan fingerprint density at radius 2 is 1.83 bits per heavy atom. The summed E-state index contributed by atoms with van der Waals surface area (Å²) >= 11 is 1.44. The summed E-state index contributed by atoms with van der Waals surface area (Å²) in [6.45, 7) is 6.14. The molecule has 0 atom stereocenters. The zero-order valence-corrected chi connectivity index (χ0v) is 14.2. The van der Waals surface area contributed by atoms with E-state index in [4.69, 9.17) is 0 Å². The van der Waals surface area contributed by atoms with Gasteiger partial charge in [0.25, 0.3) is 5.56 Å². The summed E-state index contributed by atoms with van der Waals surface area (Å²) in [4.78, 5) is 28.8. The van der Waals surface area contributed by atoms with Gasteiger partial charge in [-0.05, 0) is 38.0 Å². The van der Waals surface area contributed by atoms with Gasteiger partial charge in [0.1, 0.15) is 4.83 Å². The van der Waals surface area contributed by atoms with Gasteiger partial charge in [-0.1, -0.05) is 35.9 Å². The maximum Gasteiger partial charge on any atom is 0.329 e. The molecule has 0 radical (unpaired) electrons. The summed E-state index contributed by atoms with van der Waals surface area (Å²) < 4.78 is 1.23. The summed E-state index contributed by atoms with van der Waals surface area (Å²) in [7, 11) is 0. The van der Waals surface area contributed by atoms with E-state index < -0.39 is 0 Å². The predicted octanol–water partition coefficient (Wildman–Crippen LogP) is 3.56. The number of thiophene rings is 1. The van der Waals surface area contributed by atoms with Gasteiger partial charge in [0.2, 0.25) is 0 Å². The Balaban J connectivity index is 2.11. The lowest BCUT2D eigenvalue weighted by atomic mass is 10.1. The minimum Gasteiger partial charge on any atom is -0.298 e. The topological polar surface area (TPSA) is 54.9 Å². The zero-order chi connectivity index (χ0) is 16.6. The zero-order valence-electron chi connectivity index (χ0n) is 13.3. The van der Waals surface area contributed by atoms with Gasteiger partial charge in [0.15, 0.2) is 0 Å². The van der Waals surface area contributed by atoms with Crippen LogP contribution in [-0.2, 0) is 6.54 Å². The van der Waals surface area contributed by atoms with Crippen LogP contribution in [0.5, 0.6) is 0 Å². The molecule has 0 spiro atoms. The first kappa shape index (κ1) is 15.5. The molecule has 0 amide bonds. The molecular formula is C18H18N2O2S. The third-order valence-corrected chi connectivity index (χ3v) is 5.10. The van der Waals surface area contributed by atoms with Gasteiger partial charge in [-0.2, -0.15) is 0 Å². The molecule has 0 aliphatic heterocycles. The third kappa shape index (κ3) is 2.80. The predicted molar refractivity (Wildman–Crippen MR) is 97.2 cm³/mol. The normalized spacial score (nSPS) is 11.6. The highest BCUT2D eigenvalue weighted by Crippen LogP contribution is 2.28. The minimum atomic E-state index is -0.347. The molecule has 2 aromatic heterocycles. The van der Waals surface area contributed by atoms with Crippen molar-refractivity contribution in [1.29, 1.82) is 0 Å². The van der Waals surface area contributed by atoms with Crippen LogP contribution in [0.4, 0.5) is 0 Å². The van der Waals surface area contributed by atoms with Crippen molar-refractivity contribution in [2.45, 2.75) is 27.3 Å². The summed E-state index contributed by atoms with van der Waals surface area (Å²) in [5.41, 5.74) is 2.68. The Kier molecular flexibility index (Phi) is 4.05. The highest BCUT2D eigenvalue weighted by Gasteiger charge is 2.13. The van der Waals surface area contributed by atoms with Gasteiger partial charge in [-0.25, -0.2) is 4.79 Å². The van der Waals surface area contributed by atoms with Gasteiger partial charge in [0.05, 0.1) is 5.39 Å². The SMILES string of the molecule is CCn1c(=O)[nH]c2sc(/C=C/c3ccc(C)cc3)c(C)c2c1=O. The van der Waals surface area contributed by atoms with E-state index in [0.29, 0.717) is 16.8 Å². The van der Waals surface area contributed by atoms with Crippen LogP contribution in [0.1, 0.15) is 28.5 Å². The lowest BCUT2D eigenvalue weighted by molar-refractivity contribution is 0.685. The smallest absolute Gasteiger partial charge is 0.298 e. The van der Waals surface area contributed by atoms with E-state index in [1.807, 2.05) is 19.1 Å². The maximum absolute atomic E-state index is 12.5. The Labute approximate surface area is 137 Å². The van der Waals surface area contributed by atoms with Crippen LogP contribution in [0.25, 0.3) is 22.4 Å². The molecule has 0 saturated heterocycles. The summed E-state index contributed by atoms with van der Waals surface area (Å²) in [5.74, 6) is 0. The quantitative estimate of drug-likeness (QED) is 0.800. The van der Waals surface area contributed by atoms with Crippen molar-refractivity contribution in [3.05, 3.63) is 66.7 Å². The van der Waals surface area contributed by atoms with Crippen molar-refractivity contribution >= 4 is 33.7 Å². The number of aromatic amines is 1. The number of fused-ring (bicyclic) bond motifs is 1. The maximum atomic E-state index is 12.5. The fourth-order valence-electron chi connectivity index (χ4n) is 2.56. The molecule has 0 unspecified atom stereocenters. The number of benzene rings is 1. The van der Waals surface area contributed by atoms with Crippen molar-refractivity contribution in [1.82, 2.24) is 9.55 Å². The molecule has 4 nitrogen and oxygen atoms in total. The first-order chi connectivity index (χ1) is 11.0. The van der Waals surface area contributed by atoms with E-state index in [-0.39, 0.29) is 11.2 Å². The number of hydrogen-bond acceptors (Lipinski definition) is 3. The number of rotatable bonds is 3. The fourth-order valence-corrected chi connectivity index (χ4v) is 3.66. The Hall–Kier alpha value is -2.40. The van der Waals surface area contributed by atoms with E-state index >= 15 is 0 Å².